The summed E-state index contributed by atoms with van der Waals surface area (Å²) in [5, 5.41) is 5.44. The molecule has 174 valence electrons. The van der Waals surface area contributed by atoms with E-state index in [1.165, 1.54) is 4.90 Å². The molecule has 1 saturated heterocycles. The van der Waals surface area contributed by atoms with Crippen LogP contribution in [0, 0.1) is 6.92 Å². The van der Waals surface area contributed by atoms with Gasteiger partial charge in [0.25, 0.3) is 0 Å². The zero-order valence-corrected chi connectivity index (χ0v) is 19.6. The van der Waals surface area contributed by atoms with Crippen molar-refractivity contribution in [1.82, 2.24) is 20.4 Å². The van der Waals surface area contributed by atoms with E-state index < -0.39 is 33.6 Å². The Kier molecular flexibility index (Phi) is 9.27. The number of amides is 3. The van der Waals surface area contributed by atoms with E-state index in [0.717, 1.165) is 5.56 Å². The minimum atomic E-state index is -3.67. The van der Waals surface area contributed by atoms with Gasteiger partial charge in [0, 0.05) is 25.7 Å². The first-order chi connectivity index (χ1) is 14.6. The van der Waals surface area contributed by atoms with E-state index in [2.05, 4.69) is 10.6 Å². The number of benzene rings is 1. The standard InChI is InChI=1S/C21H34N4O5S/c1-16-7-5-6-8-18(16)14-31(28,29)15-19(20(26)22-17(2)13-24(3)4)23-21(27)25-9-11-30-12-10-25/h5-8,17,19H,9-15H2,1-4H3,(H,22,26)(H,23,27)/t17?,19-/m0/s1. The van der Waals surface area contributed by atoms with Crippen molar-refractivity contribution in [3.63, 3.8) is 0 Å². The van der Waals surface area contributed by atoms with Crippen molar-refractivity contribution in [3.05, 3.63) is 35.4 Å². The number of rotatable bonds is 9. The number of morpholine rings is 1. The smallest absolute Gasteiger partial charge is 0.318 e. The van der Waals surface area contributed by atoms with E-state index in [-0.39, 0.29) is 11.8 Å². The van der Waals surface area contributed by atoms with Crippen LogP contribution in [-0.2, 0) is 25.1 Å². The van der Waals surface area contributed by atoms with Gasteiger partial charge in [-0.1, -0.05) is 24.3 Å². The average Bonchev–Trinajstić information content (AvgIpc) is 2.68. The monoisotopic (exact) mass is 454 g/mol. The Balaban J connectivity index is 2.14. The molecule has 1 aliphatic rings. The lowest BCUT2D eigenvalue weighted by atomic mass is 10.1. The van der Waals surface area contributed by atoms with Crippen molar-refractivity contribution in [2.75, 3.05) is 52.7 Å². The number of sulfone groups is 1. The first kappa shape index (κ1) is 25.1. The molecule has 0 bridgehead atoms. The highest BCUT2D eigenvalue weighted by Crippen LogP contribution is 2.13. The fourth-order valence-corrected chi connectivity index (χ4v) is 5.11. The van der Waals surface area contributed by atoms with Gasteiger partial charge < -0.3 is 25.2 Å². The van der Waals surface area contributed by atoms with Crippen molar-refractivity contribution >= 4 is 21.8 Å². The molecule has 1 aromatic rings. The van der Waals surface area contributed by atoms with Gasteiger partial charge in [-0.3, -0.25) is 4.79 Å². The molecule has 0 radical (unpaired) electrons. The van der Waals surface area contributed by atoms with Crippen molar-refractivity contribution < 1.29 is 22.7 Å². The fourth-order valence-electron chi connectivity index (χ4n) is 3.45. The molecule has 2 N–H and O–H groups in total. The highest BCUT2D eigenvalue weighted by atomic mass is 32.2. The van der Waals surface area contributed by atoms with Crippen LogP contribution in [-0.4, -0.2) is 94.9 Å². The number of carbonyl (C=O) groups is 2. The number of ether oxygens (including phenoxy) is 1. The number of nitrogens with one attached hydrogen (secondary N) is 2. The van der Waals surface area contributed by atoms with Crippen LogP contribution in [0.25, 0.3) is 0 Å². The second kappa shape index (κ2) is 11.4. The van der Waals surface area contributed by atoms with Crippen LogP contribution >= 0.6 is 0 Å². The topological polar surface area (TPSA) is 108 Å². The molecular weight excluding hydrogens is 420 g/mol. The number of aryl methyl sites for hydroxylation is 1. The summed E-state index contributed by atoms with van der Waals surface area (Å²) >= 11 is 0. The summed E-state index contributed by atoms with van der Waals surface area (Å²) < 4.78 is 31.1. The van der Waals surface area contributed by atoms with Crippen molar-refractivity contribution in [1.29, 1.82) is 0 Å². The molecule has 31 heavy (non-hydrogen) atoms. The van der Waals surface area contributed by atoms with Crippen LogP contribution in [0.2, 0.25) is 0 Å². The van der Waals surface area contributed by atoms with Gasteiger partial charge in [0.2, 0.25) is 5.91 Å². The highest BCUT2D eigenvalue weighted by molar-refractivity contribution is 7.90. The number of urea groups is 1. The molecule has 1 aliphatic heterocycles. The third kappa shape index (κ3) is 8.47. The molecule has 0 aliphatic carbocycles. The van der Waals surface area contributed by atoms with E-state index in [1.54, 1.807) is 12.1 Å². The maximum Gasteiger partial charge on any atom is 0.318 e. The van der Waals surface area contributed by atoms with Gasteiger partial charge in [-0.2, -0.15) is 0 Å². The highest BCUT2D eigenvalue weighted by Gasteiger charge is 2.30. The van der Waals surface area contributed by atoms with Gasteiger partial charge in [-0.05, 0) is 39.1 Å². The first-order valence-corrected chi connectivity index (χ1v) is 12.2. The molecule has 1 heterocycles. The maximum absolute atomic E-state index is 12.9. The van der Waals surface area contributed by atoms with Crippen LogP contribution in [0.4, 0.5) is 4.79 Å². The second-order valence-electron chi connectivity index (χ2n) is 8.25. The minimum Gasteiger partial charge on any atom is -0.378 e. The quantitative estimate of drug-likeness (QED) is 0.559. The second-order valence-corrected chi connectivity index (χ2v) is 10.4. The molecule has 1 fully saturated rings. The average molecular weight is 455 g/mol. The molecule has 0 aromatic heterocycles. The Morgan fingerprint density at radius 2 is 1.81 bits per heavy atom. The van der Waals surface area contributed by atoms with E-state index >= 15 is 0 Å². The maximum atomic E-state index is 12.9. The Morgan fingerprint density at radius 1 is 1.16 bits per heavy atom. The minimum absolute atomic E-state index is 0.190. The first-order valence-electron chi connectivity index (χ1n) is 10.4. The van der Waals surface area contributed by atoms with Crippen LogP contribution in [0.1, 0.15) is 18.1 Å². The lowest BCUT2D eigenvalue weighted by Gasteiger charge is -2.29. The number of nitrogens with zero attached hydrogens (tertiary/aromatic N) is 2. The molecule has 2 rings (SSSR count). The number of carbonyl (C=O) groups excluding carboxylic acids is 2. The summed E-state index contributed by atoms with van der Waals surface area (Å²) in [6.45, 7) is 5.89. The largest absolute Gasteiger partial charge is 0.378 e. The summed E-state index contributed by atoms with van der Waals surface area (Å²) in [7, 11) is 0.0981. The molecule has 0 saturated carbocycles. The van der Waals surface area contributed by atoms with Crippen molar-refractivity contribution in [2.45, 2.75) is 31.7 Å². The number of hydrogen-bond donors (Lipinski definition) is 2. The number of hydrogen-bond acceptors (Lipinski definition) is 6. The molecule has 2 atom stereocenters. The van der Waals surface area contributed by atoms with Crippen LogP contribution < -0.4 is 10.6 Å². The van der Waals surface area contributed by atoms with Crippen molar-refractivity contribution in [3.8, 4) is 0 Å². The van der Waals surface area contributed by atoms with E-state index in [0.29, 0.717) is 38.4 Å². The van der Waals surface area contributed by atoms with Gasteiger partial charge in [-0.25, -0.2) is 13.2 Å². The zero-order chi connectivity index (χ0) is 23.0. The molecule has 1 unspecified atom stereocenters. The molecule has 0 spiro atoms. The molecule has 10 heteroatoms. The van der Waals surface area contributed by atoms with Gasteiger partial charge in [0.05, 0.1) is 24.7 Å². The van der Waals surface area contributed by atoms with Gasteiger partial charge in [0.15, 0.2) is 9.84 Å². The Bertz CT molecular complexity index is 853. The van der Waals surface area contributed by atoms with Crippen LogP contribution in [0.15, 0.2) is 24.3 Å². The SMILES string of the molecule is Cc1ccccc1CS(=O)(=O)C[C@H](NC(=O)N1CCOCC1)C(=O)NC(C)CN(C)C. The Morgan fingerprint density at radius 3 is 2.42 bits per heavy atom. The summed E-state index contributed by atoms with van der Waals surface area (Å²) in [5.74, 6) is -1.17. The van der Waals surface area contributed by atoms with E-state index in [4.69, 9.17) is 4.74 Å². The predicted molar refractivity (Wildman–Crippen MR) is 120 cm³/mol. The summed E-state index contributed by atoms with van der Waals surface area (Å²) in [6.07, 6.45) is 0. The summed E-state index contributed by atoms with van der Waals surface area (Å²) in [5.41, 5.74) is 1.55. The van der Waals surface area contributed by atoms with Crippen molar-refractivity contribution in [2.24, 2.45) is 0 Å². The lowest BCUT2D eigenvalue weighted by Crippen LogP contribution is -2.57. The Labute approximate surface area is 185 Å². The van der Waals surface area contributed by atoms with E-state index in [1.807, 2.05) is 45.0 Å². The fraction of sp³-hybridized carbons (Fsp3) is 0.619. The normalized spacial score (nSPS) is 16.6. The third-order valence-corrected chi connectivity index (χ3v) is 6.59. The molecule has 9 nitrogen and oxygen atoms in total. The molecule has 3 amide bonds. The summed E-state index contributed by atoms with van der Waals surface area (Å²) in [4.78, 5) is 29.0. The predicted octanol–water partition coefficient (Wildman–Crippen LogP) is 0.387. The molecular formula is C21H34N4O5S. The zero-order valence-electron chi connectivity index (χ0n) is 18.8. The number of likely N-dealkylation sites (N-methyl/N-ethyl adjacent to an activating group) is 1. The Hall–Kier alpha value is -2.17. The van der Waals surface area contributed by atoms with Gasteiger partial charge >= 0.3 is 6.03 Å². The van der Waals surface area contributed by atoms with E-state index in [9.17, 15) is 18.0 Å². The molecule has 1 aromatic carbocycles. The lowest BCUT2D eigenvalue weighted by molar-refractivity contribution is -0.123. The summed E-state index contributed by atoms with van der Waals surface area (Å²) in [6, 6.07) is 5.38. The van der Waals surface area contributed by atoms with Gasteiger partial charge in [0.1, 0.15) is 6.04 Å². The van der Waals surface area contributed by atoms with Gasteiger partial charge in [-0.15, -0.1) is 0 Å². The third-order valence-electron chi connectivity index (χ3n) is 5.00. The van der Waals surface area contributed by atoms with Crippen LogP contribution in [0.3, 0.4) is 0 Å². The van der Waals surface area contributed by atoms with Crippen LogP contribution in [0.5, 0.6) is 0 Å².